The third-order valence-corrected chi connectivity index (χ3v) is 3.75. The zero-order valence-electron chi connectivity index (χ0n) is 9.76. The molecule has 3 nitrogen and oxygen atoms in total. The van der Waals surface area contributed by atoms with Gasteiger partial charge in [-0.25, -0.2) is 5.43 Å². The molecule has 2 aliphatic rings. The predicted molar refractivity (Wildman–Crippen MR) is 67.7 cm³/mol. The molecule has 0 spiro atoms. The van der Waals surface area contributed by atoms with E-state index in [9.17, 15) is 4.79 Å². The van der Waals surface area contributed by atoms with Gasteiger partial charge in [-0.15, -0.1) is 0 Å². The second-order valence-corrected chi connectivity index (χ2v) is 4.70. The first-order valence-corrected chi connectivity index (χ1v) is 6.10. The average molecular weight is 236 g/mol. The van der Waals surface area contributed by atoms with Crippen LogP contribution in [-0.2, 0) is 6.54 Å². The van der Waals surface area contributed by atoms with Crippen molar-refractivity contribution in [1.29, 1.82) is 0 Å². The number of carbonyl (C=O) groups excluding carboxylic acids is 1. The molecule has 2 aromatic carbocycles. The molecule has 2 aromatic rings. The molecule has 88 valence electrons. The van der Waals surface area contributed by atoms with Crippen LogP contribution in [0.2, 0.25) is 0 Å². The molecule has 0 saturated carbocycles. The van der Waals surface area contributed by atoms with Crippen LogP contribution in [-0.4, -0.2) is 10.9 Å². The van der Waals surface area contributed by atoms with Gasteiger partial charge in [-0.1, -0.05) is 42.5 Å². The quantitative estimate of drug-likeness (QED) is 0.761. The zero-order valence-corrected chi connectivity index (χ0v) is 9.76. The maximum Gasteiger partial charge on any atom is 0.269 e. The van der Waals surface area contributed by atoms with Gasteiger partial charge in [-0.3, -0.25) is 9.80 Å². The molecule has 0 bridgehead atoms. The lowest BCUT2D eigenvalue weighted by Crippen LogP contribution is -2.44. The fourth-order valence-corrected chi connectivity index (χ4v) is 2.92. The van der Waals surface area contributed by atoms with Gasteiger partial charge in [0.05, 0.1) is 6.04 Å². The van der Waals surface area contributed by atoms with E-state index in [4.69, 9.17) is 0 Å². The number of benzene rings is 2. The van der Waals surface area contributed by atoms with Crippen LogP contribution in [0, 0.1) is 0 Å². The van der Waals surface area contributed by atoms with Crippen LogP contribution in [0.15, 0.2) is 48.5 Å². The third-order valence-electron chi connectivity index (χ3n) is 3.75. The summed E-state index contributed by atoms with van der Waals surface area (Å²) in [6.07, 6.45) is 0. The number of rotatable bonds is 0. The van der Waals surface area contributed by atoms with Gasteiger partial charge >= 0.3 is 0 Å². The second kappa shape index (κ2) is 3.43. The Hall–Kier alpha value is -2.13. The molecule has 0 saturated heterocycles. The van der Waals surface area contributed by atoms with E-state index in [1.54, 1.807) is 5.01 Å². The molecule has 2 aliphatic heterocycles. The summed E-state index contributed by atoms with van der Waals surface area (Å²) in [5, 5.41) is 1.76. The monoisotopic (exact) mass is 236 g/mol. The van der Waals surface area contributed by atoms with Gasteiger partial charge in [0, 0.05) is 12.1 Å². The zero-order chi connectivity index (χ0) is 12.1. The predicted octanol–water partition coefficient (Wildman–Crippen LogP) is 2.25. The Morgan fingerprint density at radius 1 is 1.00 bits per heavy atom. The molecule has 1 unspecified atom stereocenters. The maximum absolute atomic E-state index is 12.3. The highest BCUT2D eigenvalue weighted by atomic mass is 16.2. The summed E-state index contributed by atoms with van der Waals surface area (Å²) in [5.74, 6) is 0.0742. The van der Waals surface area contributed by atoms with Gasteiger partial charge in [-0.05, 0) is 22.8 Å². The first-order chi connectivity index (χ1) is 8.86. The molecule has 18 heavy (non-hydrogen) atoms. The van der Waals surface area contributed by atoms with Crippen molar-refractivity contribution >= 4 is 5.91 Å². The fourth-order valence-electron chi connectivity index (χ4n) is 2.92. The highest BCUT2D eigenvalue weighted by Gasteiger charge is 2.40. The Morgan fingerprint density at radius 2 is 1.72 bits per heavy atom. The smallest absolute Gasteiger partial charge is 0.268 e. The van der Waals surface area contributed by atoms with Crippen molar-refractivity contribution in [3.63, 3.8) is 0 Å². The van der Waals surface area contributed by atoms with E-state index >= 15 is 0 Å². The van der Waals surface area contributed by atoms with Crippen LogP contribution < -0.4 is 5.43 Å². The number of nitrogens with zero attached hydrogens (tertiary/aromatic N) is 1. The summed E-state index contributed by atoms with van der Waals surface area (Å²) < 4.78 is 0. The minimum Gasteiger partial charge on any atom is -0.268 e. The molecular formula is C15H12N2O. The Labute approximate surface area is 105 Å². The third kappa shape index (κ3) is 1.14. The second-order valence-electron chi connectivity index (χ2n) is 4.70. The highest BCUT2D eigenvalue weighted by Crippen LogP contribution is 2.40. The van der Waals surface area contributed by atoms with E-state index in [-0.39, 0.29) is 11.9 Å². The summed E-state index contributed by atoms with van der Waals surface area (Å²) in [4.78, 5) is 12.3. The Kier molecular flexibility index (Phi) is 1.88. The first-order valence-electron chi connectivity index (χ1n) is 6.10. The average Bonchev–Trinajstić information content (AvgIpc) is 2.73. The number of carbonyl (C=O) groups is 1. The van der Waals surface area contributed by atoms with E-state index < -0.39 is 0 Å². The largest absolute Gasteiger partial charge is 0.269 e. The molecule has 0 radical (unpaired) electrons. The Balaban J connectivity index is 1.97. The van der Waals surface area contributed by atoms with Gasteiger partial charge in [0.15, 0.2) is 0 Å². The van der Waals surface area contributed by atoms with Gasteiger partial charge < -0.3 is 0 Å². The lowest BCUT2D eigenvalue weighted by molar-refractivity contribution is 0.0608. The lowest BCUT2D eigenvalue weighted by Gasteiger charge is -2.32. The molecule has 0 aliphatic carbocycles. The van der Waals surface area contributed by atoms with Crippen molar-refractivity contribution in [2.75, 3.05) is 0 Å². The summed E-state index contributed by atoms with van der Waals surface area (Å²) in [7, 11) is 0. The van der Waals surface area contributed by atoms with Crippen LogP contribution in [0.3, 0.4) is 0 Å². The van der Waals surface area contributed by atoms with Crippen molar-refractivity contribution in [1.82, 2.24) is 10.4 Å². The molecule has 3 heteroatoms. The van der Waals surface area contributed by atoms with Gasteiger partial charge in [0.25, 0.3) is 5.91 Å². The van der Waals surface area contributed by atoms with E-state index in [0.29, 0.717) is 6.54 Å². The Bertz CT molecular complexity index is 650. The summed E-state index contributed by atoms with van der Waals surface area (Å²) in [6.45, 7) is 0.715. The summed E-state index contributed by atoms with van der Waals surface area (Å²) >= 11 is 0. The number of amides is 1. The molecule has 0 fully saturated rings. The molecule has 1 N–H and O–H groups in total. The van der Waals surface area contributed by atoms with Crippen molar-refractivity contribution in [2.24, 2.45) is 0 Å². The molecule has 2 heterocycles. The van der Waals surface area contributed by atoms with Crippen LogP contribution >= 0.6 is 0 Å². The highest BCUT2D eigenvalue weighted by molar-refractivity contribution is 5.99. The van der Waals surface area contributed by atoms with Crippen molar-refractivity contribution in [3.05, 3.63) is 70.8 Å². The lowest BCUT2D eigenvalue weighted by atomic mass is 9.93. The minimum absolute atomic E-state index is 0.0265. The summed E-state index contributed by atoms with van der Waals surface area (Å²) in [5.41, 5.74) is 7.63. The van der Waals surface area contributed by atoms with Crippen LogP contribution in [0.1, 0.15) is 33.1 Å². The molecular weight excluding hydrogens is 224 g/mol. The standard InChI is InChI=1S/C15H12N2O/c18-15-13-8-4-3-7-12(13)14-11-6-2-1-5-10(11)9-16-17(14)15/h1-8,14,16H,9H2. The number of hydrogen-bond acceptors (Lipinski definition) is 2. The number of hydrogen-bond donors (Lipinski definition) is 1. The molecule has 0 aromatic heterocycles. The van der Waals surface area contributed by atoms with Gasteiger partial charge in [0.1, 0.15) is 0 Å². The van der Waals surface area contributed by atoms with Crippen molar-refractivity contribution < 1.29 is 4.79 Å². The molecule has 1 atom stereocenters. The number of nitrogens with one attached hydrogen (secondary N) is 1. The normalized spacial score (nSPS) is 20.3. The minimum atomic E-state index is 0.0265. The Morgan fingerprint density at radius 3 is 2.61 bits per heavy atom. The number of fused-ring (bicyclic) bond motifs is 5. The van der Waals surface area contributed by atoms with E-state index in [0.717, 1.165) is 11.1 Å². The van der Waals surface area contributed by atoms with Crippen molar-refractivity contribution in [2.45, 2.75) is 12.6 Å². The maximum atomic E-state index is 12.3. The van der Waals surface area contributed by atoms with E-state index in [1.165, 1.54) is 11.1 Å². The van der Waals surface area contributed by atoms with E-state index in [2.05, 4.69) is 17.6 Å². The number of hydrazine groups is 1. The van der Waals surface area contributed by atoms with Crippen LogP contribution in [0.4, 0.5) is 0 Å². The fraction of sp³-hybridized carbons (Fsp3) is 0.133. The van der Waals surface area contributed by atoms with E-state index in [1.807, 2.05) is 36.4 Å². The van der Waals surface area contributed by atoms with Gasteiger partial charge in [0.2, 0.25) is 0 Å². The first kappa shape index (κ1) is 9.85. The van der Waals surface area contributed by atoms with Gasteiger partial charge in [-0.2, -0.15) is 0 Å². The topological polar surface area (TPSA) is 32.3 Å². The SMILES string of the molecule is O=C1c2ccccc2C2c3ccccc3CNN12. The van der Waals surface area contributed by atoms with Crippen LogP contribution in [0.25, 0.3) is 0 Å². The van der Waals surface area contributed by atoms with Crippen molar-refractivity contribution in [3.8, 4) is 0 Å². The molecule has 4 rings (SSSR count). The molecule has 1 amide bonds. The summed E-state index contributed by atoms with van der Waals surface area (Å²) in [6, 6.07) is 16.2. The van der Waals surface area contributed by atoms with Crippen LogP contribution in [0.5, 0.6) is 0 Å².